The highest BCUT2D eigenvalue weighted by Gasteiger charge is 2.16. The second-order valence-electron chi connectivity index (χ2n) is 6.97. The van der Waals surface area contributed by atoms with Crippen LogP contribution in [-0.4, -0.2) is 44.9 Å². The first-order valence-corrected chi connectivity index (χ1v) is 9.35. The molecule has 30 heavy (non-hydrogen) atoms. The van der Waals surface area contributed by atoms with Gasteiger partial charge in [-0.3, -0.25) is 14.8 Å². The van der Waals surface area contributed by atoms with E-state index in [0.717, 1.165) is 38.9 Å². The number of nitrogens with zero attached hydrogens (tertiary/aromatic N) is 7. The van der Waals surface area contributed by atoms with Gasteiger partial charge in [0.2, 0.25) is 0 Å². The van der Waals surface area contributed by atoms with Gasteiger partial charge in [0.05, 0.1) is 17.1 Å². The molecular formula is C21H15N9. The van der Waals surface area contributed by atoms with E-state index in [-0.39, 0.29) is 0 Å². The fourth-order valence-electron chi connectivity index (χ4n) is 3.61. The van der Waals surface area contributed by atoms with Crippen molar-refractivity contribution >= 4 is 22.2 Å². The maximum absolute atomic E-state index is 4.70. The Kier molecular flexibility index (Phi) is 3.48. The average Bonchev–Trinajstić information content (AvgIpc) is 3.50. The van der Waals surface area contributed by atoms with Crippen LogP contribution in [0.15, 0.2) is 61.4 Å². The smallest absolute Gasteiger partial charge is 0.181 e. The number of rotatable bonds is 3. The van der Waals surface area contributed by atoms with Gasteiger partial charge in [-0.05, 0) is 29.8 Å². The minimum atomic E-state index is 0.625. The van der Waals surface area contributed by atoms with E-state index in [1.165, 1.54) is 0 Å². The Hall–Kier alpha value is -4.40. The van der Waals surface area contributed by atoms with Crippen molar-refractivity contribution in [3.05, 3.63) is 61.4 Å². The lowest BCUT2D eigenvalue weighted by Gasteiger charge is -2.01. The van der Waals surface area contributed by atoms with E-state index in [1.54, 1.807) is 29.5 Å². The van der Waals surface area contributed by atoms with Gasteiger partial charge in [-0.1, -0.05) is 0 Å². The summed E-state index contributed by atoms with van der Waals surface area (Å²) in [4.78, 5) is 21.1. The molecule has 0 aliphatic rings. The number of fused-ring (bicyclic) bond motifs is 2. The van der Waals surface area contributed by atoms with Crippen molar-refractivity contribution in [1.29, 1.82) is 0 Å². The third-order valence-electron chi connectivity index (χ3n) is 5.07. The van der Waals surface area contributed by atoms with E-state index in [4.69, 9.17) is 4.98 Å². The summed E-state index contributed by atoms with van der Waals surface area (Å²) in [6.45, 7) is 0. The van der Waals surface area contributed by atoms with Crippen LogP contribution in [0.5, 0.6) is 0 Å². The number of aromatic amines is 2. The number of aryl methyl sites for hydroxylation is 1. The largest absolute Gasteiger partial charge is 0.335 e. The van der Waals surface area contributed by atoms with Gasteiger partial charge in [-0.2, -0.15) is 10.2 Å². The molecule has 6 aromatic heterocycles. The van der Waals surface area contributed by atoms with E-state index >= 15 is 0 Å². The van der Waals surface area contributed by atoms with Crippen molar-refractivity contribution < 1.29 is 0 Å². The van der Waals surface area contributed by atoms with Crippen LogP contribution in [0.2, 0.25) is 0 Å². The van der Waals surface area contributed by atoms with Gasteiger partial charge in [0.25, 0.3) is 0 Å². The summed E-state index contributed by atoms with van der Waals surface area (Å²) in [5.74, 6) is 0.659. The summed E-state index contributed by atoms with van der Waals surface area (Å²) in [5, 5.41) is 12.5. The molecule has 0 saturated carbocycles. The van der Waals surface area contributed by atoms with E-state index in [1.807, 2.05) is 43.7 Å². The van der Waals surface area contributed by atoms with E-state index in [2.05, 4.69) is 35.2 Å². The van der Waals surface area contributed by atoms with Gasteiger partial charge < -0.3 is 4.98 Å². The molecule has 6 aromatic rings. The van der Waals surface area contributed by atoms with Gasteiger partial charge in [0.1, 0.15) is 5.69 Å². The van der Waals surface area contributed by atoms with Crippen molar-refractivity contribution in [2.24, 2.45) is 7.05 Å². The van der Waals surface area contributed by atoms with Crippen LogP contribution in [0.1, 0.15) is 0 Å². The first-order valence-electron chi connectivity index (χ1n) is 9.35. The van der Waals surface area contributed by atoms with Crippen LogP contribution in [0.3, 0.4) is 0 Å². The van der Waals surface area contributed by atoms with Crippen molar-refractivity contribution in [3.8, 4) is 33.8 Å². The number of imidazole rings is 1. The molecule has 144 valence electrons. The summed E-state index contributed by atoms with van der Waals surface area (Å²) in [7, 11) is 1.89. The number of H-pyrrole nitrogens is 2. The van der Waals surface area contributed by atoms with Gasteiger partial charge in [0.15, 0.2) is 17.1 Å². The third kappa shape index (κ3) is 2.56. The molecule has 0 unspecified atom stereocenters. The highest BCUT2D eigenvalue weighted by molar-refractivity contribution is 5.95. The predicted octanol–water partition coefficient (Wildman–Crippen LogP) is 3.36. The Morgan fingerprint density at radius 3 is 2.63 bits per heavy atom. The molecule has 0 bridgehead atoms. The Bertz CT molecular complexity index is 1510. The maximum Gasteiger partial charge on any atom is 0.181 e. The zero-order valence-electron chi connectivity index (χ0n) is 15.9. The molecular weight excluding hydrogens is 378 g/mol. The van der Waals surface area contributed by atoms with E-state index < -0.39 is 0 Å². The summed E-state index contributed by atoms with van der Waals surface area (Å²) < 4.78 is 1.77. The minimum Gasteiger partial charge on any atom is -0.335 e. The van der Waals surface area contributed by atoms with Crippen molar-refractivity contribution in [1.82, 2.24) is 44.9 Å². The van der Waals surface area contributed by atoms with E-state index in [9.17, 15) is 0 Å². The van der Waals surface area contributed by atoms with Crippen LogP contribution >= 0.6 is 0 Å². The molecule has 0 aliphatic carbocycles. The molecule has 2 N–H and O–H groups in total. The third-order valence-corrected chi connectivity index (χ3v) is 5.07. The summed E-state index contributed by atoms with van der Waals surface area (Å²) in [6.07, 6.45) is 10.9. The van der Waals surface area contributed by atoms with Crippen LogP contribution in [0.4, 0.5) is 0 Å². The highest BCUT2D eigenvalue weighted by Crippen LogP contribution is 2.31. The number of pyridine rings is 3. The van der Waals surface area contributed by atoms with Crippen LogP contribution in [0.25, 0.3) is 56.0 Å². The number of nitrogens with one attached hydrogen (secondary N) is 2. The Morgan fingerprint density at radius 1 is 0.900 bits per heavy atom. The predicted molar refractivity (Wildman–Crippen MR) is 112 cm³/mol. The average molecular weight is 393 g/mol. The lowest BCUT2D eigenvalue weighted by molar-refractivity contribution is 0.768. The van der Waals surface area contributed by atoms with Crippen molar-refractivity contribution in [2.75, 3.05) is 0 Å². The first-order chi connectivity index (χ1) is 14.8. The monoisotopic (exact) mass is 393 g/mol. The zero-order valence-corrected chi connectivity index (χ0v) is 15.9. The topological polar surface area (TPSA) is 114 Å². The minimum absolute atomic E-state index is 0.625. The van der Waals surface area contributed by atoms with Gasteiger partial charge in [0, 0.05) is 54.7 Å². The Labute approximate surface area is 169 Å². The molecule has 6 rings (SSSR count). The second-order valence-corrected chi connectivity index (χ2v) is 6.97. The fourth-order valence-corrected chi connectivity index (χ4v) is 3.61. The Balaban J connectivity index is 1.52. The molecule has 9 nitrogen and oxygen atoms in total. The molecule has 0 saturated heterocycles. The van der Waals surface area contributed by atoms with Crippen molar-refractivity contribution in [3.63, 3.8) is 0 Å². The molecule has 0 atom stereocenters. The lowest BCUT2D eigenvalue weighted by atomic mass is 10.1. The molecule has 0 radical (unpaired) electrons. The summed E-state index contributed by atoms with van der Waals surface area (Å²) in [6, 6.07) is 7.94. The molecule has 6 heterocycles. The van der Waals surface area contributed by atoms with Crippen molar-refractivity contribution in [2.45, 2.75) is 0 Å². The van der Waals surface area contributed by atoms with Gasteiger partial charge in [-0.15, -0.1) is 0 Å². The van der Waals surface area contributed by atoms with Gasteiger partial charge >= 0.3 is 0 Å². The molecule has 0 amide bonds. The van der Waals surface area contributed by atoms with Crippen LogP contribution in [0, 0.1) is 0 Å². The first kappa shape index (κ1) is 16.5. The second kappa shape index (κ2) is 6.31. The summed E-state index contributed by atoms with van der Waals surface area (Å²) >= 11 is 0. The molecule has 0 fully saturated rings. The van der Waals surface area contributed by atoms with Gasteiger partial charge in [-0.25, -0.2) is 15.0 Å². The Morgan fingerprint density at radius 2 is 1.80 bits per heavy atom. The number of hydrogen-bond acceptors (Lipinski definition) is 6. The molecule has 0 aliphatic heterocycles. The zero-order chi connectivity index (χ0) is 20.1. The molecule has 0 spiro atoms. The SMILES string of the molecule is Cn1cc(-c2cnc3n[nH]c(-c4nc5nccc(-c6ccncc6)c5[nH]4)c3c2)cn1. The molecule has 9 heteroatoms. The lowest BCUT2D eigenvalue weighted by Crippen LogP contribution is -1.85. The molecule has 0 aromatic carbocycles. The van der Waals surface area contributed by atoms with E-state index in [0.29, 0.717) is 17.1 Å². The normalized spacial score (nSPS) is 11.5. The summed E-state index contributed by atoms with van der Waals surface area (Å²) in [5.41, 5.74) is 6.90. The number of aromatic nitrogens is 9. The maximum atomic E-state index is 4.70. The van der Waals surface area contributed by atoms with Crippen LogP contribution < -0.4 is 0 Å². The quantitative estimate of drug-likeness (QED) is 0.477. The van der Waals surface area contributed by atoms with Crippen LogP contribution in [-0.2, 0) is 7.05 Å². The fraction of sp³-hybridized carbons (Fsp3) is 0.0476. The standard InChI is InChI=1S/C21H15N9/c1-30-11-14(10-25-30)13-8-16-18(28-29-19(16)24-9-13)21-26-17-15(4-7-23-20(17)27-21)12-2-5-22-6-3-12/h2-11H,1H3,(H,23,26,27)(H,24,28,29). The number of hydrogen-bond donors (Lipinski definition) is 2. The highest BCUT2D eigenvalue weighted by atomic mass is 15.2.